The molecular formula is C15H21BrN4. The zero-order valence-corrected chi connectivity index (χ0v) is 14.0. The lowest BCUT2D eigenvalue weighted by atomic mass is 10.2. The Bertz CT molecular complexity index is 592. The molecular weight excluding hydrogens is 316 g/mol. The molecule has 20 heavy (non-hydrogen) atoms. The minimum atomic E-state index is 0.215. The summed E-state index contributed by atoms with van der Waals surface area (Å²) in [5.74, 6) is 0. The Morgan fingerprint density at radius 1 is 1.35 bits per heavy atom. The zero-order valence-electron chi connectivity index (χ0n) is 12.4. The van der Waals surface area contributed by atoms with Crippen LogP contribution in [0.2, 0.25) is 0 Å². The SMILES string of the molecule is CCCNC(C)c1nnn(-c2cc(C)ccc2Br)c1C. The third-order valence-electron chi connectivity index (χ3n) is 3.37. The van der Waals surface area contributed by atoms with Gasteiger partial charge >= 0.3 is 0 Å². The summed E-state index contributed by atoms with van der Waals surface area (Å²) in [4.78, 5) is 0. The van der Waals surface area contributed by atoms with Crippen LogP contribution >= 0.6 is 15.9 Å². The van der Waals surface area contributed by atoms with Crippen molar-refractivity contribution in [3.05, 3.63) is 39.6 Å². The lowest BCUT2D eigenvalue weighted by Gasteiger charge is -2.12. The van der Waals surface area contributed by atoms with Gasteiger partial charge in [0.15, 0.2) is 0 Å². The monoisotopic (exact) mass is 336 g/mol. The summed E-state index contributed by atoms with van der Waals surface area (Å²) in [5, 5.41) is 12.1. The van der Waals surface area contributed by atoms with Gasteiger partial charge in [-0.05, 0) is 67.4 Å². The molecule has 4 nitrogen and oxygen atoms in total. The molecule has 1 aromatic carbocycles. The van der Waals surface area contributed by atoms with Crippen LogP contribution in [0.4, 0.5) is 0 Å². The number of rotatable bonds is 5. The quantitative estimate of drug-likeness (QED) is 0.904. The fourth-order valence-corrected chi connectivity index (χ4v) is 2.63. The summed E-state index contributed by atoms with van der Waals surface area (Å²) in [5.41, 5.74) is 4.32. The van der Waals surface area contributed by atoms with E-state index in [-0.39, 0.29) is 6.04 Å². The molecule has 0 radical (unpaired) electrons. The molecule has 0 amide bonds. The van der Waals surface area contributed by atoms with Crippen LogP contribution in [0.3, 0.4) is 0 Å². The Balaban J connectivity index is 2.35. The van der Waals surface area contributed by atoms with Crippen LogP contribution in [0.15, 0.2) is 22.7 Å². The van der Waals surface area contributed by atoms with Gasteiger partial charge in [0.1, 0.15) is 5.69 Å². The highest BCUT2D eigenvalue weighted by Crippen LogP contribution is 2.24. The number of hydrogen-bond donors (Lipinski definition) is 1. The summed E-state index contributed by atoms with van der Waals surface area (Å²) in [6.07, 6.45) is 1.11. The molecule has 2 rings (SSSR count). The number of halogens is 1. The minimum Gasteiger partial charge on any atom is -0.309 e. The van der Waals surface area contributed by atoms with E-state index in [1.807, 2.05) is 10.7 Å². The summed E-state index contributed by atoms with van der Waals surface area (Å²) in [6, 6.07) is 6.45. The van der Waals surface area contributed by atoms with E-state index in [0.717, 1.165) is 34.5 Å². The molecule has 0 saturated carbocycles. The van der Waals surface area contributed by atoms with Crippen LogP contribution in [-0.4, -0.2) is 21.5 Å². The molecule has 0 spiro atoms. The van der Waals surface area contributed by atoms with Crippen molar-refractivity contribution in [1.29, 1.82) is 0 Å². The van der Waals surface area contributed by atoms with E-state index in [1.54, 1.807) is 0 Å². The Labute approximate surface area is 128 Å². The van der Waals surface area contributed by atoms with Crippen molar-refractivity contribution < 1.29 is 0 Å². The largest absolute Gasteiger partial charge is 0.309 e. The molecule has 1 atom stereocenters. The number of benzene rings is 1. The molecule has 0 aliphatic heterocycles. The maximum absolute atomic E-state index is 4.35. The van der Waals surface area contributed by atoms with Crippen molar-refractivity contribution in [2.24, 2.45) is 0 Å². The fraction of sp³-hybridized carbons (Fsp3) is 0.467. The molecule has 0 bridgehead atoms. The maximum atomic E-state index is 4.35. The van der Waals surface area contributed by atoms with Crippen LogP contribution in [0.5, 0.6) is 0 Å². The van der Waals surface area contributed by atoms with Crippen LogP contribution < -0.4 is 5.32 Å². The van der Waals surface area contributed by atoms with Crippen molar-refractivity contribution in [1.82, 2.24) is 20.3 Å². The maximum Gasteiger partial charge on any atom is 0.103 e. The standard InChI is InChI=1S/C15H21BrN4/c1-5-8-17-11(3)15-12(4)20(19-18-15)14-9-10(2)6-7-13(14)16/h6-7,9,11,17H,5,8H2,1-4H3. The molecule has 5 heteroatoms. The highest BCUT2D eigenvalue weighted by atomic mass is 79.9. The average Bonchev–Trinajstić information content (AvgIpc) is 2.80. The summed E-state index contributed by atoms with van der Waals surface area (Å²) >= 11 is 3.59. The van der Waals surface area contributed by atoms with Gasteiger partial charge in [-0.3, -0.25) is 0 Å². The molecule has 1 heterocycles. The van der Waals surface area contributed by atoms with Gasteiger partial charge in [0.05, 0.1) is 17.4 Å². The van der Waals surface area contributed by atoms with E-state index >= 15 is 0 Å². The topological polar surface area (TPSA) is 42.7 Å². The van der Waals surface area contributed by atoms with Crippen molar-refractivity contribution in [3.63, 3.8) is 0 Å². The second kappa shape index (κ2) is 6.50. The Morgan fingerprint density at radius 3 is 2.80 bits per heavy atom. The van der Waals surface area contributed by atoms with Crippen LogP contribution in [0, 0.1) is 13.8 Å². The van der Waals surface area contributed by atoms with Gasteiger partial charge in [-0.2, -0.15) is 0 Å². The van der Waals surface area contributed by atoms with Gasteiger partial charge in [-0.25, -0.2) is 4.68 Å². The number of nitrogens with zero attached hydrogens (tertiary/aromatic N) is 3. The molecule has 0 aliphatic carbocycles. The van der Waals surface area contributed by atoms with E-state index < -0.39 is 0 Å². The average molecular weight is 337 g/mol. The van der Waals surface area contributed by atoms with Gasteiger partial charge < -0.3 is 5.32 Å². The van der Waals surface area contributed by atoms with E-state index in [1.165, 1.54) is 5.56 Å². The number of aryl methyl sites for hydroxylation is 1. The molecule has 0 saturated heterocycles. The van der Waals surface area contributed by atoms with E-state index in [4.69, 9.17) is 0 Å². The van der Waals surface area contributed by atoms with Crippen molar-refractivity contribution >= 4 is 15.9 Å². The lowest BCUT2D eigenvalue weighted by Crippen LogP contribution is -2.20. The van der Waals surface area contributed by atoms with Crippen LogP contribution in [0.1, 0.15) is 43.3 Å². The van der Waals surface area contributed by atoms with E-state index in [2.05, 4.69) is 71.4 Å². The Hall–Kier alpha value is -1.20. The molecule has 108 valence electrons. The molecule has 1 N–H and O–H groups in total. The van der Waals surface area contributed by atoms with Gasteiger partial charge in [0, 0.05) is 4.47 Å². The summed E-state index contributed by atoms with van der Waals surface area (Å²) in [7, 11) is 0. The Morgan fingerprint density at radius 2 is 2.10 bits per heavy atom. The molecule has 0 aliphatic rings. The highest BCUT2D eigenvalue weighted by Gasteiger charge is 2.16. The van der Waals surface area contributed by atoms with Gasteiger partial charge in [-0.1, -0.05) is 18.2 Å². The second-order valence-electron chi connectivity index (χ2n) is 5.10. The lowest BCUT2D eigenvalue weighted by molar-refractivity contribution is 0.555. The number of aromatic nitrogens is 3. The first kappa shape index (κ1) is 15.2. The normalized spacial score (nSPS) is 12.7. The van der Waals surface area contributed by atoms with Crippen LogP contribution in [0.25, 0.3) is 5.69 Å². The van der Waals surface area contributed by atoms with Crippen molar-refractivity contribution in [2.75, 3.05) is 6.54 Å². The molecule has 1 unspecified atom stereocenters. The van der Waals surface area contributed by atoms with Crippen LogP contribution in [-0.2, 0) is 0 Å². The van der Waals surface area contributed by atoms with Crippen molar-refractivity contribution in [3.8, 4) is 5.69 Å². The third kappa shape index (κ3) is 3.10. The van der Waals surface area contributed by atoms with Gasteiger partial charge in [-0.15, -0.1) is 5.10 Å². The summed E-state index contributed by atoms with van der Waals surface area (Å²) < 4.78 is 2.92. The number of nitrogens with one attached hydrogen (secondary N) is 1. The number of hydrogen-bond acceptors (Lipinski definition) is 3. The van der Waals surface area contributed by atoms with Crippen molar-refractivity contribution in [2.45, 2.75) is 40.2 Å². The zero-order chi connectivity index (χ0) is 14.7. The van der Waals surface area contributed by atoms with Gasteiger partial charge in [0.2, 0.25) is 0 Å². The fourth-order valence-electron chi connectivity index (χ4n) is 2.21. The third-order valence-corrected chi connectivity index (χ3v) is 4.04. The first-order valence-corrected chi connectivity index (χ1v) is 7.76. The first-order valence-electron chi connectivity index (χ1n) is 6.96. The van der Waals surface area contributed by atoms with E-state index in [9.17, 15) is 0 Å². The minimum absolute atomic E-state index is 0.215. The van der Waals surface area contributed by atoms with Gasteiger partial charge in [0.25, 0.3) is 0 Å². The first-order chi connectivity index (χ1) is 9.54. The summed E-state index contributed by atoms with van der Waals surface area (Å²) in [6.45, 7) is 9.42. The smallest absolute Gasteiger partial charge is 0.103 e. The molecule has 0 fully saturated rings. The predicted octanol–water partition coefficient (Wildman–Crippen LogP) is 3.71. The molecule has 2 aromatic rings. The predicted molar refractivity (Wildman–Crippen MR) is 85.2 cm³/mol. The van der Waals surface area contributed by atoms with E-state index in [0.29, 0.717) is 0 Å². The highest BCUT2D eigenvalue weighted by molar-refractivity contribution is 9.10. The Kier molecular flexibility index (Phi) is 4.94. The second-order valence-corrected chi connectivity index (χ2v) is 5.96. The molecule has 1 aromatic heterocycles.